The van der Waals surface area contributed by atoms with Gasteiger partial charge in [-0.05, 0) is 64.1 Å². The molecular formula is C14H28N2. The summed E-state index contributed by atoms with van der Waals surface area (Å²) < 4.78 is 0. The average molecular weight is 224 g/mol. The van der Waals surface area contributed by atoms with Gasteiger partial charge in [0.2, 0.25) is 0 Å². The first-order chi connectivity index (χ1) is 7.88. The Morgan fingerprint density at radius 2 is 2.06 bits per heavy atom. The zero-order chi connectivity index (χ0) is 11.2. The van der Waals surface area contributed by atoms with Crippen LogP contribution in [0.3, 0.4) is 0 Å². The van der Waals surface area contributed by atoms with E-state index in [-0.39, 0.29) is 0 Å². The highest BCUT2D eigenvalue weighted by Crippen LogP contribution is 2.23. The molecule has 2 nitrogen and oxygen atoms in total. The molecule has 2 aliphatic rings. The minimum absolute atomic E-state index is 0.839. The van der Waals surface area contributed by atoms with Gasteiger partial charge in [-0.1, -0.05) is 13.3 Å². The predicted octanol–water partition coefficient (Wildman–Crippen LogP) is 2.64. The van der Waals surface area contributed by atoms with Gasteiger partial charge < -0.3 is 10.2 Å². The van der Waals surface area contributed by atoms with E-state index in [1.165, 1.54) is 71.1 Å². The van der Waals surface area contributed by atoms with E-state index < -0.39 is 0 Å². The van der Waals surface area contributed by atoms with Crippen LogP contribution in [-0.2, 0) is 0 Å². The van der Waals surface area contributed by atoms with Crippen molar-refractivity contribution in [3.05, 3.63) is 0 Å². The molecule has 2 aliphatic heterocycles. The molecule has 2 unspecified atom stereocenters. The lowest BCUT2D eigenvalue weighted by Gasteiger charge is -2.33. The van der Waals surface area contributed by atoms with E-state index in [2.05, 4.69) is 17.1 Å². The van der Waals surface area contributed by atoms with Crippen molar-refractivity contribution in [2.45, 2.75) is 57.9 Å². The molecule has 0 amide bonds. The molecule has 0 aliphatic carbocycles. The fourth-order valence-electron chi connectivity index (χ4n) is 3.28. The van der Waals surface area contributed by atoms with Gasteiger partial charge in [0.1, 0.15) is 0 Å². The third-order valence-electron chi connectivity index (χ3n) is 4.39. The summed E-state index contributed by atoms with van der Waals surface area (Å²) in [6.07, 6.45) is 10.0. The summed E-state index contributed by atoms with van der Waals surface area (Å²) in [4.78, 5) is 2.63. The molecule has 16 heavy (non-hydrogen) atoms. The fourth-order valence-corrected chi connectivity index (χ4v) is 3.28. The fraction of sp³-hybridized carbons (Fsp3) is 1.00. The normalized spacial score (nSPS) is 32.8. The molecule has 0 spiro atoms. The number of nitrogens with one attached hydrogen (secondary N) is 1. The Balaban J connectivity index is 1.64. The number of nitrogens with zero attached hydrogens (tertiary/aromatic N) is 1. The Morgan fingerprint density at radius 1 is 1.12 bits per heavy atom. The predicted molar refractivity (Wildman–Crippen MR) is 69.7 cm³/mol. The first-order valence-corrected chi connectivity index (χ1v) is 7.34. The van der Waals surface area contributed by atoms with Gasteiger partial charge in [-0.25, -0.2) is 0 Å². The van der Waals surface area contributed by atoms with Gasteiger partial charge in [-0.2, -0.15) is 0 Å². The summed E-state index contributed by atoms with van der Waals surface area (Å²) in [6, 6.07) is 0.839. The van der Waals surface area contributed by atoms with Gasteiger partial charge in [0.15, 0.2) is 0 Å². The van der Waals surface area contributed by atoms with E-state index in [4.69, 9.17) is 0 Å². The smallest absolute Gasteiger partial charge is 0.00671 e. The summed E-state index contributed by atoms with van der Waals surface area (Å²) in [6.45, 7) is 7.51. The molecule has 0 aromatic heterocycles. The van der Waals surface area contributed by atoms with Crippen molar-refractivity contribution in [3.8, 4) is 0 Å². The minimum atomic E-state index is 0.839. The third kappa shape index (κ3) is 3.74. The van der Waals surface area contributed by atoms with Crippen LogP contribution in [0.2, 0.25) is 0 Å². The van der Waals surface area contributed by atoms with Gasteiger partial charge in [0.25, 0.3) is 0 Å². The second-order valence-corrected chi connectivity index (χ2v) is 5.63. The van der Waals surface area contributed by atoms with Crippen molar-refractivity contribution in [3.63, 3.8) is 0 Å². The monoisotopic (exact) mass is 224 g/mol. The van der Waals surface area contributed by atoms with E-state index in [1.54, 1.807) is 0 Å². The molecule has 2 heterocycles. The number of piperidine rings is 2. The van der Waals surface area contributed by atoms with Crippen LogP contribution in [0, 0.1) is 5.92 Å². The lowest BCUT2D eigenvalue weighted by atomic mass is 9.90. The zero-order valence-corrected chi connectivity index (χ0v) is 10.9. The summed E-state index contributed by atoms with van der Waals surface area (Å²) in [7, 11) is 0. The van der Waals surface area contributed by atoms with Crippen molar-refractivity contribution in [1.29, 1.82) is 0 Å². The molecule has 0 radical (unpaired) electrons. The van der Waals surface area contributed by atoms with Crippen molar-refractivity contribution in [2.75, 3.05) is 26.2 Å². The Hall–Kier alpha value is -0.0800. The average Bonchev–Trinajstić information content (AvgIpc) is 2.38. The van der Waals surface area contributed by atoms with Crippen LogP contribution in [0.25, 0.3) is 0 Å². The Bertz CT molecular complexity index is 187. The van der Waals surface area contributed by atoms with Crippen LogP contribution >= 0.6 is 0 Å². The zero-order valence-electron chi connectivity index (χ0n) is 10.9. The number of hydrogen-bond donors (Lipinski definition) is 1. The molecule has 2 saturated heterocycles. The number of likely N-dealkylation sites (tertiary alicyclic amines) is 1. The Kier molecular flexibility index (Phi) is 5.11. The molecule has 2 fully saturated rings. The van der Waals surface area contributed by atoms with Crippen LogP contribution in [0.1, 0.15) is 51.9 Å². The van der Waals surface area contributed by atoms with E-state index in [0.29, 0.717) is 0 Å². The molecule has 2 rings (SSSR count). The van der Waals surface area contributed by atoms with Crippen LogP contribution < -0.4 is 5.32 Å². The largest absolute Gasteiger partial charge is 0.314 e. The second-order valence-electron chi connectivity index (χ2n) is 5.63. The summed E-state index contributed by atoms with van der Waals surface area (Å²) in [5.41, 5.74) is 0. The second kappa shape index (κ2) is 6.61. The third-order valence-corrected chi connectivity index (χ3v) is 4.39. The molecular weight excluding hydrogens is 196 g/mol. The van der Waals surface area contributed by atoms with Crippen molar-refractivity contribution < 1.29 is 0 Å². The Labute approximate surface area is 101 Å². The molecule has 94 valence electrons. The molecule has 0 aromatic rings. The van der Waals surface area contributed by atoms with Crippen molar-refractivity contribution >= 4 is 0 Å². The molecule has 2 heteroatoms. The molecule has 0 bridgehead atoms. The van der Waals surface area contributed by atoms with Crippen molar-refractivity contribution in [2.24, 2.45) is 5.92 Å². The number of hydrogen-bond acceptors (Lipinski definition) is 2. The highest BCUT2D eigenvalue weighted by atomic mass is 15.1. The minimum Gasteiger partial charge on any atom is -0.314 e. The van der Waals surface area contributed by atoms with E-state index in [0.717, 1.165) is 12.0 Å². The van der Waals surface area contributed by atoms with Gasteiger partial charge in [-0.15, -0.1) is 0 Å². The number of rotatable bonds is 4. The summed E-state index contributed by atoms with van der Waals surface area (Å²) in [5, 5.41) is 3.67. The van der Waals surface area contributed by atoms with E-state index in [1.807, 2.05) is 0 Å². The standard InChI is InChI=1S/C14H28N2/c1-2-16-11-5-6-13(12-16)8-9-14-7-3-4-10-15-14/h13-15H,2-12H2,1H3. The van der Waals surface area contributed by atoms with E-state index in [9.17, 15) is 0 Å². The topological polar surface area (TPSA) is 15.3 Å². The molecule has 2 atom stereocenters. The maximum atomic E-state index is 3.67. The van der Waals surface area contributed by atoms with Crippen LogP contribution in [0.15, 0.2) is 0 Å². The highest BCUT2D eigenvalue weighted by molar-refractivity contribution is 4.77. The summed E-state index contributed by atoms with van der Waals surface area (Å²) >= 11 is 0. The van der Waals surface area contributed by atoms with Crippen molar-refractivity contribution in [1.82, 2.24) is 10.2 Å². The van der Waals surface area contributed by atoms with Crippen LogP contribution in [0.4, 0.5) is 0 Å². The van der Waals surface area contributed by atoms with Gasteiger partial charge in [-0.3, -0.25) is 0 Å². The summed E-state index contributed by atoms with van der Waals surface area (Å²) in [5.74, 6) is 0.984. The highest BCUT2D eigenvalue weighted by Gasteiger charge is 2.20. The first kappa shape index (κ1) is 12.4. The molecule has 0 saturated carbocycles. The lowest BCUT2D eigenvalue weighted by Crippen LogP contribution is -2.37. The van der Waals surface area contributed by atoms with Crippen LogP contribution in [0.5, 0.6) is 0 Å². The van der Waals surface area contributed by atoms with Gasteiger partial charge >= 0.3 is 0 Å². The lowest BCUT2D eigenvalue weighted by molar-refractivity contribution is 0.170. The molecule has 1 N–H and O–H groups in total. The maximum Gasteiger partial charge on any atom is 0.00671 e. The Morgan fingerprint density at radius 3 is 2.81 bits per heavy atom. The quantitative estimate of drug-likeness (QED) is 0.790. The van der Waals surface area contributed by atoms with E-state index >= 15 is 0 Å². The molecule has 0 aromatic carbocycles. The first-order valence-electron chi connectivity index (χ1n) is 7.34. The van der Waals surface area contributed by atoms with Gasteiger partial charge in [0, 0.05) is 12.6 Å². The van der Waals surface area contributed by atoms with Gasteiger partial charge in [0.05, 0.1) is 0 Å². The SMILES string of the molecule is CCN1CCCC(CCC2CCCCN2)C1. The maximum absolute atomic E-state index is 3.67. The van der Waals surface area contributed by atoms with Crippen LogP contribution in [-0.4, -0.2) is 37.1 Å².